The summed E-state index contributed by atoms with van der Waals surface area (Å²) in [7, 11) is 0. The second kappa shape index (κ2) is 6.59. The van der Waals surface area contributed by atoms with Crippen molar-refractivity contribution in [3.05, 3.63) is 46.2 Å². The minimum atomic E-state index is -0.911. The minimum absolute atomic E-state index is 0.290. The maximum absolute atomic E-state index is 11.3. The van der Waals surface area contributed by atoms with E-state index >= 15 is 0 Å². The molecule has 2 heterocycles. The molecule has 1 N–H and O–H groups in total. The number of aromatic carboxylic acids is 1. The van der Waals surface area contributed by atoms with Crippen molar-refractivity contribution in [1.29, 1.82) is 0 Å². The van der Waals surface area contributed by atoms with Gasteiger partial charge in [0.25, 0.3) is 0 Å². The van der Waals surface area contributed by atoms with E-state index in [1.54, 1.807) is 23.5 Å². The molecular weight excluding hydrogens is 334 g/mol. The first-order valence-electron chi connectivity index (χ1n) is 8.75. The molecule has 0 spiro atoms. The van der Waals surface area contributed by atoms with E-state index in [4.69, 9.17) is 4.98 Å². The number of hydrogen-bond donors (Lipinski definition) is 1. The van der Waals surface area contributed by atoms with Gasteiger partial charge in [0.1, 0.15) is 5.82 Å². The largest absolute Gasteiger partial charge is 0.478 e. The van der Waals surface area contributed by atoms with E-state index in [2.05, 4.69) is 16.5 Å². The van der Waals surface area contributed by atoms with Crippen molar-refractivity contribution in [2.24, 2.45) is 5.92 Å². The summed E-state index contributed by atoms with van der Waals surface area (Å²) in [5.41, 5.74) is 3.95. The fourth-order valence-corrected chi connectivity index (χ4v) is 4.53. The van der Waals surface area contributed by atoms with Crippen LogP contribution in [0.5, 0.6) is 0 Å². The molecule has 0 radical (unpaired) electrons. The van der Waals surface area contributed by atoms with Gasteiger partial charge in [0, 0.05) is 23.5 Å². The Labute approximate surface area is 150 Å². The lowest BCUT2D eigenvalue weighted by Crippen LogP contribution is -2.22. The zero-order valence-electron chi connectivity index (χ0n) is 14.2. The van der Waals surface area contributed by atoms with Crippen LogP contribution >= 0.6 is 11.3 Å². The smallest absolute Gasteiger partial charge is 0.335 e. The average Bonchev–Trinajstić information content (AvgIpc) is 3.22. The van der Waals surface area contributed by atoms with Gasteiger partial charge in [0.15, 0.2) is 0 Å². The highest BCUT2D eigenvalue weighted by Gasteiger charge is 2.27. The molecule has 3 aromatic rings. The van der Waals surface area contributed by atoms with Gasteiger partial charge in [-0.15, -0.1) is 11.3 Å². The Kier molecular flexibility index (Phi) is 4.29. The summed E-state index contributed by atoms with van der Waals surface area (Å²) < 4.78 is 2.37. The molecule has 25 heavy (non-hydrogen) atoms. The number of thiazole rings is 1. The summed E-state index contributed by atoms with van der Waals surface area (Å²) in [6.45, 7) is 2.32. The molecular formula is C19H21N3O2S. The third-order valence-electron chi connectivity index (χ3n) is 5.22. The van der Waals surface area contributed by atoms with E-state index in [1.807, 2.05) is 17.8 Å². The number of fused-ring (bicyclic) bond motifs is 1. The molecule has 1 fully saturated rings. The lowest BCUT2D eigenvalue weighted by atomic mass is 9.85. The Bertz CT molecular complexity index is 901. The Hall–Kier alpha value is -2.21. The van der Waals surface area contributed by atoms with Crippen LogP contribution in [0.1, 0.15) is 59.7 Å². The van der Waals surface area contributed by atoms with Gasteiger partial charge in [0.05, 0.1) is 22.1 Å². The molecule has 0 aliphatic heterocycles. The number of carboxylic acid groups (broad SMARTS) is 1. The Morgan fingerprint density at radius 1 is 1.36 bits per heavy atom. The molecule has 4 rings (SSSR count). The van der Waals surface area contributed by atoms with Crippen molar-refractivity contribution < 1.29 is 9.90 Å². The van der Waals surface area contributed by atoms with E-state index in [-0.39, 0.29) is 5.56 Å². The molecule has 0 amide bonds. The summed E-state index contributed by atoms with van der Waals surface area (Å²) in [5.74, 6) is 0.706. The molecule has 1 unspecified atom stereocenters. The predicted octanol–water partition coefficient (Wildman–Crippen LogP) is 4.53. The van der Waals surface area contributed by atoms with Crippen molar-refractivity contribution in [3.63, 3.8) is 0 Å². The minimum Gasteiger partial charge on any atom is -0.478 e. The van der Waals surface area contributed by atoms with Crippen LogP contribution < -0.4 is 0 Å². The summed E-state index contributed by atoms with van der Waals surface area (Å²) in [5, 5.41) is 9.28. The van der Waals surface area contributed by atoms with Crippen LogP contribution in [0.15, 0.2) is 29.9 Å². The first-order valence-corrected chi connectivity index (χ1v) is 9.63. The quantitative estimate of drug-likeness (QED) is 0.746. The highest BCUT2D eigenvalue weighted by Crippen LogP contribution is 2.37. The van der Waals surface area contributed by atoms with E-state index < -0.39 is 5.97 Å². The first-order chi connectivity index (χ1) is 12.1. The molecule has 5 nitrogen and oxygen atoms in total. The Morgan fingerprint density at radius 3 is 2.92 bits per heavy atom. The molecule has 6 heteroatoms. The van der Waals surface area contributed by atoms with Gasteiger partial charge < -0.3 is 9.67 Å². The van der Waals surface area contributed by atoms with Gasteiger partial charge >= 0.3 is 5.97 Å². The number of nitrogens with zero attached hydrogens (tertiary/aromatic N) is 3. The molecule has 1 aromatic carbocycles. The third-order valence-corrected chi connectivity index (χ3v) is 6.00. The van der Waals surface area contributed by atoms with Crippen LogP contribution in [0.4, 0.5) is 0 Å². The normalized spacial score (nSPS) is 20.8. The highest BCUT2D eigenvalue weighted by molar-refractivity contribution is 7.09. The van der Waals surface area contributed by atoms with Gasteiger partial charge in [-0.3, -0.25) is 4.98 Å². The van der Waals surface area contributed by atoms with Crippen molar-refractivity contribution in [3.8, 4) is 0 Å². The summed E-state index contributed by atoms with van der Waals surface area (Å²) in [6, 6.07) is 5.73. The highest BCUT2D eigenvalue weighted by atomic mass is 32.1. The molecule has 0 bridgehead atoms. The molecule has 130 valence electrons. The molecule has 2 aromatic heterocycles. The van der Waals surface area contributed by atoms with Crippen molar-refractivity contribution >= 4 is 28.3 Å². The van der Waals surface area contributed by atoms with E-state index in [0.29, 0.717) is 12.0 Å². The van der Waals surface area contributed by atoms with Gasteiger partial charge in [-0.25, -0.2) is 9.78 Å². The van der Waals surface area contributed by atoms with Crippen LogP contribution in [0, 0.1) is 5.92 Å². The van der Waals surface area contributed by atoms with Crippen LogP contribution in [0.25, 0.3) is 11.0 Å². The molecule has 1 aliphatic rings. The third kappa shape index (κ3) is 3.06. The number of carboxylic acids is 1. The fourth-order valence-electron chi connectivity index (χ4n) is 3.94. The summed E-state index contributed by atoms with van der Waals surface area (Å²) in [4.78, 5) is 21.5. The van der Waals surface area contributed by atoms with E-state index in [0.717, 1.165) is 29.7 Å². The zero-order chi connectivity index (χ0) is 17.4. The van der Waals surface area contributed by atoms with Crippen LogP contribution in [0.3, 0.4) is 0 Å². The van der Waals surface area contributed by atoms with Crippen LogP contribution in [-0.4, -0.2) is 25.6 Å². The summed E-state index contributed by atoms with van der Waals surface area (Å²) in [6.07, 6.45) is 7.55. The van der Waals surface area contributed by atoms with Crippen molar-refractivity contribution in [2.45, 2.75) is 45.1 Å². The fraction of sp³-hybridized carbons (Fsp3) is 0.421. The topological polar surface area (TPSA) is 68.0 Å². The number of carbonyl (C=O) groups is 1. The van der Waals surface area contributed by atoms with Gasteiger partial charge in [-0.05, 0) is 37.0 Å². The van der Waals surface area contributed by atoms with Crippen LogP contribution in [0.2, 0.25) is 0 Å². The summed E-state index contributed by atoms with van der Waals surface area (Å²) >= 11 is 1.63. The molecule has 2 atom stereocenters. The average molecular weight is 355 g/mol. The van der Waals surface area contributed by atoms with Crippen LogP contribution in [-0.2, 0) is 6.42 Å². The molecule has 1 aliphatic carbocycles. The molecule has 0 saturated heterocycles. The lowest BCUT2D eigenvalue weighted by Gasteiger charge is -2.31. The second-order valence-electron chi connectivity index (χ2n) is 6.88. The first kappa shape index (κ1) is 16.3. The maximum Gasteiger partial charge on any atom is 0.335 e. The number of hydrogen-bond acceptors (Lipinski definition) is 4. The van der Waals surface area contributed by atoms with Crippen molar-refractivity contribution in [1.82, 2.24) is 14.5 Å². The van der Waals surface area contributed by atoms with Crippen molar-refractivity contribution in [2.75, 3.05) is 0 Å². The van der Waals surface area contributed by atoms with Gasteiger partial charge in [0.2, 0.25) is 0 Å². The maximum atomic E-state index is 11.3. The zero-order valence-corrected chi connectivity index (χ0v) is 15.0. The van der Waals surface area contributed by atoms with E-state index in [1.165, 1.54) is 24.1 Å². The number of imidazole rings is 1. The van der Waals surface area contributed by atoms with Gasteiger partial charge in [-0.1, -0.05) is 19.8 Å². The van der Waals surface area contributed by atoms with E-state index in [9.17, 15) is 9.90 Å². The second-order valence-corrected chi connectivity index (χ2v) is 7.85. The number of aromatic nitrogens is 3. The predicted molar refractivity (Wildman–Crippen MR) is 98.3 cm³/mol. The Morgan fingerprint density at radius 2 is 2.20 bits per heavy atom. The SMILES string of the molecule is C[C@@H]1CCCCC1n1c(Cc2cncs2)nc2cc(C(=O)O)ccc21. The number of rotatable bonds is 4. The lowest BCUT2D eigenvalue weighted by molar-refractivity contribution is 0.0697. The molecule has 1 saturated carbocycles. The monoisotopic (exact) mass is 355 g/mol. The Balaban J connectivity index is 1.85. The standard InChI is InChI=1S/C19H21N3O2S/c1-12-4-2-3-5-16(12)22-17-7-6-13(19(23)24)8-15(17)21-18(22)9-14-10-20-11-25-14/h6-8,10-12,16H,2-5,9H2,1H3,(H,23,24)/t12-,16?/m1/s1. The number of benzene rings is 1. The van der Waals surface area contributed by atoms with Gasteiger partial charge in [-0.2, -0.15) is 0 Å².